The number of carbonyl (C=O) groups is 1. The van der Waals surface area contributed by atoms with Crippen LogP contribution in [0.4, 0.5) is 18.9 Å². The van der Waals surface area contributed by atoms with E-state index >= 15 is 0 Å². The molecule has 0 aliphatic carbocycles. The molecule has 0 aromatic heterocycles. The minimum atomic E-state index is -4.40. The number of nitrogens with two attached hydrogens (primary N) is 1. The zero-order valence-corrected chi connectivity index (χ0v) is 12.7. The Hall–Kier alpha value is -2.54. The summed E-state index contributed by atoms with van der Waals surface area (Å²) in [5.41, 5.74) is 6.28. The standard InChI is InChI=1S/C17H15F3N2O2/c1-24-13-4-2-3-12(9-13)22-15(14(21)16(22)23)10-5-7-11(8-6-10)17(18,19)20/h2-9,14-15H,21H2,1H3/t14-,15+/m0/s1. The van der Waals surface area contributed by atoms with E-state index in [4.69, 9.17) is 10.5 Å². The molecule has 2 atom stereocenters. The molecule has 0 saturated carbocycles. The van der Waals surface area contributed by atoms with Gasteiger partial charge in [0.2, 0.25) is 5.91 Å². The van der Waals surface area contributed by atoms with Crippen LogP contribution in [0.1, 0.15) is 17.2 Å². The summed E-state index contributed by atoms with van der Waals surface area (Å²) >= 11 is 0. The molecule has 2 N–H and O–H groups in total. The summed E-state index contributed by atoms with van der Waals surface area (Å²) in [5, 5.41) is 0. The molecule has 4 nitrogen and oxygen atoms in total. The second-order valence-corrected chi connectivity index (χ2v) is 5.50. The Morgan fingerprint density at radius 2 is 1.79 bits per heavy atom. The summed E-state index contributed by atoms with van der Waals surface area (Å²) in [4.78, 5) is 13.6. The number of ether oxygens (including phenoxy) is 1. The van der Waals surface area contributed by atoms with E-state index in [9.17, 15) is 18.0 Å². The number of benzene rings is 2. The Morgan fingerprint density at radius 1 is 1.12 bits per heavy atom. The Kier molecular flexibility index (Phi) is 3.96. The fraction of sp³-hybridized carbons (Fsp3) is 0.235. The van der Waals surface area contributed by atoms with E-state index in [0.717, 1.165) is 12.1 Å². The van der Waals surface area contributed by atoms with Crippen molar-refractivity contribution in [1.82, 2.24) is 0 Å². The van der Waals surface area contributed by atoms with E-state index in [1.54, 1.807) is 24.3 Å². The van der Waals surface area contributed by atoms with Gasteiger partial charge in [0, 0.05) is 11.8 Å². The SMILES string of the molecule is COc1cccc(N2C(=O)[C@@H](N)[C@H]2c2ccc(C(F)(F)F)cc2)c1. The van der Waals surface area contributed by atoms with Crippen LogP contribution in [-0.4, -0.2) is 19.1 Å². The molecule has 3 rings (SSSR count). The molecule has 2 aromatic rings. The minimum Gasteiger partial charge on any atom is -0.497 e. The molecule has 126 valence electrons. The van der Waals surface area contributed by atoms with Gasteiger partial charge < -0.3 is 15.4 Å². The maximum Gasteiger partial charge on any atom is 0.416 e. The van der Waals surface area contributed by atoms with Gasteiger partial charge in [-0.25, -0.2) is 0 Å². The third kappa shape index (κ3) is 2.71. The summed E-state index contributed by atoms with van der Waals surface area (Å²) in [7, 11) is 1.51. The van der Waals surface area contributed by atoms with Crippen molar-refractivity contribution < 1.29 is 22.7 Å². The van der Waals surface area contributed by atoms with Gasteiger partial charge in [-0.15, -0.1) is 0 Å². The Bertz CT molecular complexity index is 759. The summed E-state index contributed by atoms with van der Waals surface area (Å²) < 4.78 is 43.2. The molecule has 1 aliphatic heterocycles. The molecule has 1 saturated heterocycles. The fourth-order valence-corrected chi connectivity index (χ4v) is 2.79. The smallest absolute Gasteiger partial charge is 0.416 e. The summed E-state index contributed by atoms with van der Waals surface area (Å²) in [6.07, 6.45) is -4.40. The topological polar surface area (TPSA) is 55.6 Å². The van der Waals surface area contributed by atoms with E-state index in [1.807, 2.05) is 0 Å². The van der Waals surface area contributed by atoms with Crippen LogP contribution in [-0.2, 0) is 11.0 Å². The quantitative estimate of drug-likeness (QED) is 0.876. The minimum absolute atomic E-state index is 0.284. The van der Waals surface area contributed by atoms with Crippen LogP contribution >= 0.6 is 0 Å². The van der Waals surface area contributed by atoms with E-state index in [1.165, 1.54) is 24.1 Å². The van der Waals surface area contributed by atoms with Crippen LogP contribution in [0.25, 0.3) is 0 Å². The predicted molar refractivity (Wildman–Crippen MR) is 82.6 cm³/mol. The predicted octanol–water partition coefficient (Wildman–Crippen LogP) is 3.13. The van der Waals surface area contributed by atoms with E-state index < -0.39 is 23.8 Å². The first kappa shape index (κ1) is 16.3. The average Bonchev–Trinajstić information content (AvgIpc) is 2.58. The van der Waals surface area contributed by atoms with E-state index in [-0.39, 0.29) is 5.91 Å². The van der Waals surface area contributed by atoms with Gasteiger partial charge >= 0.3 is 6.18 Å². The molecule has 1 fully saturated rings. The van der Waals surface area contributed by atoms with Gasteiger partial charge in [0.25, 0.3) is 0 Å². The highest BCUT2D eigenvalue weighted by Crippen LogP contribution is 2.40. The largest absolute Gasteiger partial charge is 0.497 e. The molecule has 0 bridgehead atoms. The zero-order valence-electron chi connectivity index (χ0n) is 12.7. The normalized spacial score (nSPS) is 20.7. The molecule has 1 amide bonds. The first-order chi connectivity index (χ1) is 11.3. The molecule has 2 aromatic carbocycles. The molecular weight excluding hydrogens is 321 g/mol. The van der Waals surface area contributed by atoms with Gasteiger partial charge in [-0.05, 0) is 29.8 Å². The number of β-lactam (4-membered cyclic amide) rings is 1. The van der Waals surface area contributed by atoms with Crippen LogP contribution in [0.5, 0.6) is 5.75 Å². The molecule has 24 heavy (non-hydrogen) atoms. The lowest BCUT2D eigenvalue weighted by Gasteiger charge is -2.45. The van der Waals surface area contributed by atoms with Crippen LogP contribution in [0.3, 0.4) is 0 Å². The summed E-state index contributed by atoms with van der Waals surface area (Å²) in [6.45, 7) is 0. The molecule has 7 heteroatoms. The lowest BCUT2D eigenvalue weighted by atomic mass is 9.88. The van der Waals surface area contributed by atoms with Crippen molar-refractivity contribution >= 4 is 11.6 Å². The number of alkyl halides is 3. The highest BCUT2D eigenvalue weighted by atomic mass is 19.4. The first-order valence-corrected chi connectivity index (χ1v) is 7.23. The number of hydrogen-bond acceptors (Lipinski definition) is 3. The van der Waals surface area contributed by atoms with Crippen molar-refractivity contribution in [1.29, 1.82) is 0 Å². The number of rotatable bonds is 3. The Labute approximate surface area is 136 Å². The van der Waals surface area contributed by atoms with Crippen molar-refractivity contribution in [2.75, 3.05) is 12.0 Å². The molecular formula is C17H15F3N2O2. The van der Waals surface area contributed by atoms with Crippen molar-refractivity contribution in [3.63, 3.8) is 0 Å². The number of carbonyl (C=O) groups excluding carboxylic acids is 1. The van der Waals surface area contributed by atoms with Gasteiger partial charge in [0.15, 0.2) is 0 Å². The monoisotopic (exact) mass is 336 g/mol. The lowest BCUT2D eigenvalue weighted by molar-refractivity contribution is -0.137. The maximum atomic E-state index is 12.7. The molecule has 0 unspecified atom stereocenters. The summed E-state index contributed by atoms with van der Waals surface area (Å²) in [5.74, 6) is 0.292. The average molecular weight is 336 g/mol. The maximum absolute atomic E-state index is 12.7. The third-order valence-corrected chi connectivity index (χ3v) is 4.05. The van der Waals surface area contributed by atoms with Crippen molar-refractivity contribution in [2.24, 2.45) is 5.73 Å². The van der Waals surface area contributed by atoms with Crippen LogP contribution in [0.2, 0.25) is 0 Å². The van der Waals surface area contributed by atoms with Crippen molar-refractivity contribution in [3.8, 4) is 5.75 Å². The molecule has 0 spiro atoms. The zero-order chi connectivity index (χ0) is 17.5. The van der Waals surface area contributed by atoms with Gasteiger partial charge in [-0.3, -0.25) is 4.79 Å². The number of hydrogen-bond donors (Lipinski definition) is 1. The molecule has 1 heterocycles. The summed E-state index contributed by atoms with van der Waals surface area (Å²) in [6, 6.07) is 10.3. The number of halogens is 3. The van der Waals surface area contributed by atoms with Gasteiger partial charge in [-0.1, -0.05) is 18.2 Å². The Morgan fingerprint density at radius 3 is 2.38 bits per heavy atom. The van der Waals surface area contributed by atoms with Crippen LogP contribution < -0.4 is 15.4 Å². The first-order valence-electron chi connectivity index (χ1n) is 7.23. The Balaban J connectivity index is 1.92. The van der Waals surface area contributed by atoms with Crippen molar-refractivity contribution in [2.45, 2.75) is 18.3 Å². The fourth-order valence-electron chi connectivity index (χ4n) is 2.79. The number of amides is 1. The van der Waals surface area contributed by atoms with Crippen molar-refractivity contribution in [3.05, 3.63) is 59.7 Å². The highest BCUT2D eigenvalue weighted by Gasteiger charge is 2.46. The second-order valence-electron chi connectivity index (χ2n) is 5.50. The lowest BCUT2D eigenvalue weighted by Crippen LogP contribution is -2.63. The van der Waals surface area contributed by atoms with Gasteiger partial charge in [0.1, 0.15) is 11.8 Å². The third-order valence-electron chi connectivity index (χ3n) is 4.05. The van der Waals surface area contributed by atoms with Gasteiger partial charge in [-0.2, -0.15) is 13.2 Å². The number of anilines is 1. The molecule has 1 aliphatic rings. The number of methoxy groups -OCH3 is 1. The van der Waals surface area contributed by atoms with Gasteiger partial charge in [0.05, 0.1) is 18.7 Å². The second kappa shape index (κ2) is 5.83. The number of nitrogens with zero attached hydrogens (tertiary/aromatic N) is 1. The van der Waals surface area contributed by atoms with Crippen LogP contribution in [0.15, 0.2) is 48.5 Å². The van der Waals surface area contributed by atoms with E-state index in [0.29, 0.717) is 17.0 Å². The molecule has 0 radical (unpaired) electrons. The van der Waals surface area contributed by atoms with Crippen LogP contribution in [0, 0.1) is 0 Å². The highest BCUT2D eigenvalue weighted by molar-refractivity contribution is 6.05. The van der Waals surface area contributed by atoms with E-state index in [2.05, 4.69) is 0 Å².